The first-order valence-corrected chi connectivity index (χ1v) is 27.5. The lowest BCUT2D eigenvalue weighted by atomic mass is 10.2. The first-order valence-electron chi connectivity index (χ1n) is 24.8. The first kappa shape index (κ1) is 63.4. The number of aromatic nitrogens is 6. The Morgan fingerprint density at radius 2 is 1.24 bits per heavy atom. The third kappa shape index (κ3) is 15.7. The maximum absolute atomic E-state index is 13.9. The number of aliphatic hydroxyl groups is 1. The molecule has 3 atom stereocenters. The second-order valence-corrected chi connectivity index (χ2v) is 20.6. The van der Waals surface area contributed by atoms with Gasteiger partial charge in [-0.3, -0.25) is 47.9 Å². The maximum Gasteiger partial charge on any atom is 0.351 e. The molecule has 0 saturated heterocycles. The van der Waals surface area contributed by atoms with Crippen molar-refractivity contribution in [2.75, 3.05) is 0 Å². The van der Waals surface area contributed by atoms with Gasteiger partial charge in [0.2, 0.25) is 17.7 Å². The molecule has 12 N–H and O–H groups in total. The van der Waals surface area contributed by atoms with Crippen LogP contribution in [0.5, 0.6) is 0 Å². The molecule has 6 aromatic rings. The fourth-order valence-electron chi connectivity index (χ4n) is 6.96. The van der Waals surface area contributed by atoms with E-state index in [1.165, 1.54) is 41.3 Å². The van der Waals surface area contributed by atoms with Gasteiger partial charge in [0.15, 0.2) is 5.69 Å². The molecule has 1 aliphatic rings. The zero-order valence-electron chi connectivity index (χ0n) is 45.6. The molecule has 6 aromatic heterocycles. The third-order valence-corrected chi connectivity index (χ3v) is 14.1. The number of carboxylic acids is 1. The standard InChI is InChI=1S/C53H48N16O15S3/c1-10-11-30-50-66-32(16-84-50)43(75)54-14-36-62-33(17-85-36)45(77)60-25(7)51-67-34(18-86-51)46(78)58-23(5)41(73)59-24(6)49-65-31(15-83-49)38-28(52-68-35(19-87-52)47(79)69-37(27(9)70)48(80)64-30)12-13-29(63-38)44(76)57-22(4)40(72)55-20(2)39(71)56-21(3)42(74)61-26(8)53(81)82/h11-13,15-19,25,27,37,70H,2-6,8,10,14H2,1,7,9H3,(H,54,75)(H,55,72)(H,56,71)(H,57,76)(H,58,78)(H,59,73)(H,60,77)(H,61,74)(H,64,80)(H,69,79)(H,81,82)/b30-11+/t25?,27?,37-/m0/s1/i1+1,2+1,3+1,4+1,5+1,6+1,7+1,8+1,9+1,10+1,11+1,12+1,13+1,15+1,16+1,17+1,18+1,19+1,27+1,30+1,37+1. The van der Waals surface area contributed by atoms with Gasteiger partial charge in [-0.15, -0.1) is 34.0 Å². The highest BCUT2D eigenvalue weighted by Crippen LogP contribution is 2.34. The maximum atomic E-state index is 13.9. The van der Waals surface area contributed by atoms with Gasteiger partial charge in [-0.25, -0.2) is 34.7 Å². The van der Waals surface area contributed by atoms with Crippen molar-refractivity contribution in [1.82, 2.24) is 83.1 Å². The summed E-state index contributed by atoms with van der Waals surface area (Å²) >= 11 is 3.00. The summed E-state index contributed by atoms with van der Waals surface area (Å²) in [6, 6.07) is 0.147. The lowest BCUT2D eigenvalue weighted by molar-refractivity contribution is -0.134. The molecule has 448 valence electrons. The molecule has 0 fully saturated rings. The van der Waals surface area contributed by atoms with E-state index in [-0.39, 0.29) is 74.5 Å². The molecular formula is C53H48N16O15S3. The van der Waals surface area contributed by atoms with Gasteiger partial charge >= 0.3 is 5.97 Å². The van der Waals surface area contributed by atoms with Crippen molar-refractivity contribution in [2.24, 2.45) is 0 Å². The summed E-state index contributed by atoms with van der Waals surface area (Å²) < 4.78 is 11.2. The number of aliphatic hydroxyl groups excluding tert-OH is 1. The molecule has 0 spiro atoms. The van der Waals surface area contributed by atoms with E-state index in [1.54, 1.807) is 13.8 Å². The second-order valence-electron chi connectivity index (χ2n) is 17.9. The van der Waals surface area contributed by atoms with Gasteiger partial charge in [0.25, 0.3) is 53.2 Å². The number of oxazole rings is 2. The predicted molar refractivity (Wildman–Crippen MR) is 308 cm³/mol. The molecule has 7 rings (SSSR count). The average molecular weight is 1270 g/mol. The number of hydrogen-bond donors (Lipinski definition) is 12. The Morgan fingerprint density at radius 3 is 1.91 bits per heavy atom. The predicted octanol–water partition coefficient (Wildman–Crippen LogP) is 1.79. The Kier molecular flexibility index (Phi) is 20.0. The summed E-state index contributed by atoms with van der Waals surface area (Å²) in [5.74, 6) is -11.7. The summed E-state index contributed by atoms with van der Waals surface area (Å²) in [5, 5.41) is 47.9. The van der Waals surface area contributed by atoms with Crippen molar-refractivity contribution in [3.63, 3.8) is 0 Å². The van der Waals surface area contributed by atoms with Crippen LogP contribution >= 0.6 is 34.0 Å². The van der Waals surface area contributed by atoms with E-state index >= 15 is 0 Å². The molecular weight excluding hydrogens is 1220 g/mol. The van der Waals surface area contributed by atoms with Crippen molar-refractivity contribution in [2.45, 2.75) is 51.9 Å². The van der Waals surface area contributed by atoms with E-state index in [0.717, 1.165) is 46.5 Å². The molecule has 1 aliphatic heterocycles. The number of fused-ring (bicyclic) bond motifs is 13. The first-order chi connectivity index (χ1) is 41.2. The molecule has 2 unspecified atom stereocenters. The van der Waals surface area contributed by atoms with E-state index in [1.807, 2.05) is 10.6 Å². The van der Waals surface area contributed by atoms with E-state index in [4.69, 9.17) is 13.9 Å². The van der Waals surface area contributed by atoms with Gasteiger partial charge in [-0.1, -0.05) is 52.5 Å². The quantitative estimate of drug-likeness (QED) is 0.0650. The average Bonchev–Trinajstić information content (AvgIpc) is 2.00. The molecule has 0 aliphatic carbocycles. The number of nitrogens with one attached hydrogen (secondary N) is 10. The second kappa shape index (κ2) is 27.4. The number of amides is 10. The van der Waals surface area contributed by atoms with Crippen LogP contribution in [-0.2, 0) is 35.3 Å². The van der Waals surface area contributed by atoms with Crippen LogP contribution < -0.4 is 53.2 Å². The Balaban J connectivity index is 1.16. The number of carbonyl (C=O) groups excluding carboxylic acids is 10. The number of nitrogens with zero attached hydrogens (tertiary/aromatic N) is 6. The van der Waals surface area contributed by atoms with E-state index in [0.29, 0.717) is 16.4 Å². The number of rotatable bonds is 11. The van der Waals surface area contributed by atoms with Crippen molar-refractivity contribution in [3.8, 4) is 22.0 Å². The molecule has 10 bridgehead atoms. The fraction of sp³-hybridized carbons (Fsp3) is 0.151. The number of thiazole rings is 3. The molecule has 34 heteroatoms. The van der Waals surface area contributed by atoms with E-state index < -0.39 is 117 Å². The molecule has 31 nitrogen and oxygen atoms in total. The monoisotopic (exact) mass is 1270 g/mol. The minimum Gasteiger partial charge on any atom is -0.477 e. The van der Waals surface area contributed by atoms with Crippen LogP contribution in [0.25, 0.3) is 33.4 Å². The highest BCUT2D eigenvalue weighted by Gasteiger charge is 2.31. The summed E-state index contributed by atoms with van der Waals surface area (Å²) in [5.41, 5.74) is -4.68. The third-order valence-electron chi connectivity index (χ3n) is 11.4. The van der Waals surface area contributed by atoms with E-state index in [9.17, 15) is 57.8 Å². The number of allylic oxidation sites excluding steroid dienone is 1. The number of carbonyl (C=O) groups is 11. The molecule has 0 radical (unpaired) electrons. The Morgan fingerprint density at radius 1 is 0.667 bits per heavy atom. The molecule has 0 aromatic carbocycles. The highest BCUT2D eigenvalue weighted by atomic mass is 32.1. The largest absolute Gasteiger partial charge is 0.477 e. The van der Waals surface area contributed by atoms with Crippen LogP contribution in [0.2, 0.25) is 0 Å². The minimum absolute atomic E-state index is 0.0174. The summed E-state index contributed by atoms with van der Waals surface area (Å²) in [4.78, 5) is 170. The summed E-state index contributed by atoms with van der Waals surface area (Å²) in [6.45, 7) is 25.3. The molecule has 0 saturated carbocycles. The Labute approximate surface area is 502 Å². The molecule has 7 heterocycles. The molecule has 87 heavy (non-hydrogen) atoms. The highest BCUT2D eigenvalue weighted by molar-refractivity contribution is 7.13. The lowest BCUT2D eigenvalue weighted by Crippen LogP contribution is -2.52. The van der Waals surface area contributed by atoms with Crippen LogP contribution in [0, 0.1) is 0 Å². The van der Waals surface area contributed by atoms with Crippen molar-refractivity contribution >= 4 is 110 Å². The minimum atomic E-state index is -1.63. The lowest BCUT2D eigenvalue weighted by Gasteiger charge is -2.20. The van der Waals surface area contributed by atoms with Gasteiger partial charge in [-0.2, -0.15) is 0 Å². The normalized spacial score (nSPS) is 16.1. The van der Waals surface area contributed by atoms with Crippen LogP contribution in [0.4, 0.5) is 0 Å². The number of hydrogen-bond acceptors (Lipinski definition) is 23. The smallest absolute Gasteiger partial charge is 0.351 e. The van der Waals surface area contributed by atoms with Gasteiger partial charge in [0.05, 0.1) is 47.2 Å². The van der Waals surface area contributed by atoms with Gasteiger partial charge in [-0.05, 0) is 32.4 Å². The topological polar surface area (TPSA) is 452 Å². The van der Waals surface area contributed by atoms with E-state index in [2.05, 4.69) is 112 Å². The van der Waals surface area contributed by atoms with Gasteiger partial charge in [0.1, 0.15) is 79.1 Å². The zero-order valence-corrected chi connectivity index (χ0v) is 48.1. The molecule has 10 amide bonds. The van der Waals surface area contributed by atoms with Crippen LogP contribution in [0.3, 0.4) is 0 Å². The summed E-state index contributed by atoms with van der Waals surface area (Å²) in [6.07, 6.45) is 2.40. The zero-order chi connectivity index (χ0) is 63.6. The van der Waals surface area contributed by atoms with Crippen LogP contribution in [0.1, 0.15) is 107 Å². The van der Waals surface area contributed by atoms with Crippen molar-refractivity contribution < 1.29 is 71.8 Å². The SMILES string of the molecule is [13CH2]=C(NC(=O)C(=[13CH2])NC(=O)C(=[13CH2])NC(=O)C(=[13CH2])NC(=O)c1[13cH][13cH]c2c(n1)-c1[13cH]oc(n1)C(=[13CH2])NC(=O)C(=[13CH2])NC(=O)c1[13cH]sc(n1)C([13CH3])NC(=O)c1[13cH]sc(n1)CNC(=O)c1[13cH]oc(n1)/[13C](=[13CH]\[13CH2][13CH3])NC(=O)[13C@H]([13CH]([13CH3])O)NC(=O)c1[13cH]sc-2n1)C(=O)O. The number of aliphatic carboxylic acids is 1. The van der Waals surface area contributed by atoms with Crippen LogP contribution in [-0.4, -0.2) is 117 Å². The Hall–Kier alpha value is -11.2. The van der Waals surface area contributed by atoms with Gasteiger partial charge in [0, 0.05) is 21.7 Å². The number of pyridine rings is 1. The Bertz CT molecular complexity index is 3970. The van der Waals surface area contributed by atoms with Crippen molar-refractivity contribution in [1.29, 1.82) is 0 Å². The fourth-order valence-corrected chi connectivity index (χ4v) is 9.30. The van der Waals surface area contributed by atoms with Gasteiger partial charge < -0.3 is 72.2 Å². The number of carboxylic acid groups (broad SMARTS) is 1. The van der Waals surface area contributed by atoms with Crippen LogP contribution in [0.15, 0.2) is 124 Å². The summed E-state index contributed by atoms with van der Waals surface area (Å²) in [7, 11) is 0. The van der Waals surface area contributed by atoms with Crippen molar-refractivity contribution in [3.05, 3.63) is 165 Å².